The average Bonchev–Trinajstić information content (AvgIpc) is 3.04. The van der Waals surface area contributed by atoms with Gasteiger partial charge in [-0.25, -0.2) is 9.89 Å². The number of H-pyrrole nitrogens is 1. The normalized spacial score (nSPS) is 10.6. The Morgan fingerprint density at radius 3 is 2.73 bits per heavy atom. The molecule has 156 valence electrons. The fourth-order valence-electron chi connectivity index (χ4n) is 2.74. The number of carbonyl (C=O) groups is 2. The molecule has 10 heteroatoms. The molecule has 0 saturated heterocycles. The molecule has 0 bridgehead atoms. The van der Waals surface area contributed by atoms with Crippen LogP contribution in [0.2, 0.25) is 5.02 Å². The number of amides is 1. The van der Waals surface area contributed by atoms with Gasteiger partial charge in [0.15, 0.2) is 5.82 Å². The van der Waals surface area contributed by atoms with E-state index in [0.717, 1.165) is 5.56 Å². The molecule has 0 aliphatic carbocycles. The maximum absolute atomic E-state index is 12.2. The highest BCUT2D eigenvalue weighted by Crippen LogP contribution is 2.35. The Labute approximate surface area is 176 Å². The molecular weight excluding hydrogens is 412 g/mol. The van der Waals surface area contributed by atoms with E-state index in [1.807, 2.05) is 6.92 Å². The molecule has 3 N–H and O–H groups in total. The first-order valence-electron chi connectivity index (χ1n) is 8.90. The maximum atomic E-state index is 12.2. The number of aromatic amines is 1. The third-order valence-corrected chi connectivity index (χ3v) is 4.83. The molecule has 1 heterocycles. The van der Waals surface area contributed by atoms with Gasteiger partial charge in [-0.2, -0.15) is 5.10 Å². The zero-order chi connectivity index (χ0) is 21.8. The predicted octanol–water partition coefficient (Wildman–Crippen LogP) is 2.13. The van der Waals surface area contributed by atoms with E-state index in [0.29, 0.717) is 33.3 Å². The Kier molecular flexibility index (Phi) is 6.22. The Bertz CT molecular complexity index is 1170. The second-order valence-corrected chi connectivity index (χ2v) is 6.95. The molecule has 30 heavy (non-hydrogen) atoms. The van der Waals surface area contributed by atoms with E-state index < -0.39 is 18.4 Å². The number of halogens is 1. The zero-order valence-electron chi connectivity index (χ0n) is 16.2. The van der Waals surface area contributed by atoms with Crippen molar-refractivity contribution < 1.29 is 19.4 Å². The standard InChI is InChI=1S/C20H19ClN4O5/c1-11-6-16(30-10-17-23-24-20(29)25(17)2)14(8-15(11)21)12-4-3-5-13(7-12)19(28)22-9-18(26)27/h3-8H,9-10H2,1-2H3,(H,22,28)(H,24,29)(H,26,27). The third kappa shape index (κ3) is 4.69. The molecule has 0 atom stereocenters. The van der Waals surface area contributed by atoms with E-state index in [4.69, 9.17) is 21.4 Å². The largest absolute Gasteiger partial charge is 0.485 e. The predicted molar refractivity (Wildman–Crippen MR) is 110 cm³/mol. The van der Waals surface area contributed by atoms with Gasteiger partial charge in [0.25, 0.3) is 5.91 Å². The summed E-state index contributed by atoms with van der Waals surface area (Å²) in [5, 5.41) is 17.8. The van der Waals surface area contributed by atoms with Crippen molar-refractivity contribution in [2.24, 2.45) is 7.05 Å². The monoisotopic (exact) mass is 430 g/mol. The molecule has 0 fully saturated rings. The molecule has 0 saturated carbocycles. The molecule has 3 aromatic rings. The molecular formula is C20H19ClN4O5. The lowest BCUT2D eigenvalue weighted by molar-refractivity contribution is -0.135. The molecule has 9 nitrogen and oxygen atoms in total. The molecule has 3 rings (SSSR count). The van der Waals surface area contributed by atoms with Gasteiger partial charge in [0.2, 0.25) is 0 Å². The van der Waals surface area contributed by atoms with Crippen molar-refractivity contribution in [2.75, 3.05) is 6.54 Å². The minimum absolute atomic E-state index is 0.0438. The number of aromatic nitrogens is 3. The van der Waals surface area contributed by atoms with Crippen LogP contribution < -0.4 is 15.7 Å². The number of rotatable bonds is 7. The van der Waals surface area contributed by atoms with Crippen molar-refractivity contribution in [3.8, 4) is 16.9 Å². The van der Waals surface area contributed by atoms with Gasteiger partial charge < -0.3 is 15.2 Å². The van der Waals surface area contributed by atoms with Crippen LogP contribution in [0.5, 0.6) is 5.75 Å². The van der Waals surface area contributed by atoms with Crippen molar-refractivity contribution in [1.82, 2.24) is 20.1 Å². The molecule has 0 spiro atoms. The first-order valence-corrected chi connectivity index (χ1v) is 9.27. The lowest BCUT2D eigenvalue weighted by Crippen LogP contribution is -2.29. The van der Waals surface area contributed by atoms with Gasteiger partial charge in [-0.3, -0.25) is 14.2 Å². The van der Waals surface area contributed by atoms with E-state index in [-0.39, 0.29) is 12.3 Å². The van der Waals surface area contributed by atoms with Crippen LogP contribution in [-0.2, 0) is 18.4 Å². The van der Waals surface area contributed by atoms with E-state index in [9.17, 15) is 14.4 Å². The summed E-state index contributed by atoms with van der Waals surface area (Å²) in [6.45, 7) is 1.40. The Hall–Kier alpha value is -3.59. The average molecular weight is 431 g/mol. The summed E-state index contributed by atoms with van der Waals surface area (Å²) in [6, 6.07) is 10.2. The van der Waals surface area contributed by atoms with Crippen molar-refractivity contribution in [3.05, 3.63) is 68.9 Å². The number of benzene rings is 2. The minimum Gasteiger partial charge on any atom is -0.485 e. The highest BCUT2D eigenvalue weighted by atomic mass is 35.5. The van der Waals surface area contributed by atoms with Crippen LogP contribution >= 0.6 is 11.6 Å². The summed E-state index contributed by atoms with van der Waals surface area (Å²) in [5.74, 6) is -0.726. The Morgan fingerprint density at radius 1 is 1.30 bits per heavy atom. The molecule has 2 aromatic carbocycles. The van der Waals surface area contributed by atoms with Gasteiger partial charge in [-0.05, 0) is 42.3 Å². The molecule has 0 aliphatic heterocycles. The lowest BCUT2D eigenvalue weighted by atomic mass is 10.0. The lowest BCUT2D eigenvalue weighted by Gasteiger charge is -2.14. The highest BCUT2D eigenvalue weighted by Gasteiger charge is 2.14. The van der Waals surface area contributed by atoms with Gasteiger partial charge in [0.05, 0.1) is 0 Å². The van der Waals surface area contributed by atoms with Crippen LogP contribution in [0.1, 0.15) is 21.7 Å². The number of carboxylic acid groups (broad SMARTS) is 1. The number of hydrogen-bond acceptors (Lipinski definition) is 5. The summed E-state index contributed by atoms with van der Waals surface area (Å²) in [6.07, 6.45) is 0. The fourth-order valence-corrected chi connectivity index (χ4v) is 2.90. The summed E-state index contributed by atoms with van der Waals surface area (Å²) in [4.78, 5) is 34.4. The molecule has 1 aromatic heterocycles. The first-order chi connectivity index (χ1) is 14.3. The van der Waals surface area contributed by atoms with Crippen LogP contribution in [0.4, 0.5) is 0 Å². The molecule has 0 unspecified atom stereocenters. The second-order valence-electron chi connectivity index (χ2n) is 6.55. The van der Waals surface area contributed by atoms with Crippen LogP contribution in [-0.4, -0.2) is 38.3 Å². The second kappa shape index (κ2) is 8.83. The number of hydrogen-bond donors (Lipinski definition) is 3. The summed E-state index contributed by atoms with van der Waals surface area (Å²) < 4.78 is 7.25. The van der Waals surface area contributed by atoms with Gasteiger partial charge >= 0.3 is 11.7 Å². The number of aryl methyl sites for hydroxylation is 1. The number of carboxylic acids is 1. The number of aliphatic carboxylic acids is 1. The SMILES string of the molecule is Cc1cc(OCc2n[nH]c(=O)n2C)c(-c2cccc(C(=O)NCC(=O)O)c2)cc1Cl. The Balaban J connectivity index is 1.93. The zero-order valence-corrected chi connectivity index (χ0v) is 17.0. The van der Waals surface area contributed by atoms with Crippen molar-refractivity contribution >= 4 is 23.5 Å². The van der Waals surface area contributed by atoms with Crippen molar-refractivity contribution in [1.29, 1.82) is 0 Å². The summed E-state index contributed by atoms with van der Waals surface area (Å²) >= 11 is 6.31. The van der Waals surface area contributed by atoms with E-state index in [1.165, 1.54) is 4.57 Å². The van der Waals surface area contributed by atoms with Gasteiger partial charge in [-0.1, -0.05) is 23.7 Å². The first kappa shape index (κ1) is 21.1. The molecule has 1 amide bonds. The van der Waals surface area contributed by atoms with Crippen molar-refractivity contribution in [3.63, 3.8) is 0 Å². The van der Waals surface area contributed by atoms with E-state index in [2.05, 4.69) is 15.5 Å². The summed E-state index contributed by atoms with van der Waals surface area (Å²) in [5.41, 5.74) is 2.04. The molecule has 0 aliphatic rings. The van der Waals surface area contributed by atoms with E-state index in [1.54, 1.807) is 43.4 Å². The van der Waals surface area contributed by atoms with Crippen LogP contribution in [0.3, 0.4) is 0 Å². The summed E-state index contributed by atoms with van der Waals surface area (Å²) in [7, 11) is 1.58. The Morgan fingerprint density at radius 2 is 2.07 bits per heavy atom. The van der Waals surface area contributed by atoms with Crippen LogP contribution in [0.25, 0.3) is 11.1 Å². The van der Waals surface area contributed by atoms with Crippen molar-refractivity contribution in [2.45, 2.75) is 13.5 Å². The highest BCUT2D eigenvalue weighted by molar-refractivity contribution is 6.31. The number of ether oxygens (including phenoxy) is 1. The molecule has 0 radical (unpaired) electrons. The smallest absolute Gasteiger partial charge is 0.343 e. The topological polar surface area (TPSA) is 126 Å². The van der Waals surface area contributed by atoms with Gasteiger partial charge in [-0.15, -0.1) is 0 Å². The van der Waals surface area contributed by atoms with Crippen LogP contribution in [0.15, 0.2) is 41.2 Å². The number of nitrogens with zero attached hydrogens (tertiary/aromatic N) is 2. The van der Waals surface area contributed by atoms with Gasteiger partial charge in [0.1, 0.15) is 18.9 Å². The fraction of sp³-hybridized carbons (Fsp3) is 0.200. The maximum Gasteiger partial charge on any atom is 0.343 e. The number of carbonyl (C=O) groups excluding carboxylic acids is 1. The van der Waals surface area contributed by atoms with Crippen LogP contribution in [0, 0.1) is 6.92 Å². The van der Waals surface area contributed by atoms with E-state index >= 15 is 0 Å². The minimum atomic E-state index is -1.13. The van der Waals surface area contributed by atoms with Gasteiger partial charge in [0, 0.05) is 23.2 Å². The third-order valence-electron chi connectivity index (χ3n) is 4.43. The quantitative estimate of drug-likeness (QED) is 0.527. The number of nitrogens with one attached hydrogen (secondary N) is 2.